The minimum absolute atomic E-state index is 0.217. The van der Waals surface area contributed by atoms with Gasteiger partial charge < -0.3 is 15.4 Å². The fourth-order valence-corrected chi connectivity index (χ4v) is 2.58. The van der Waals surface area contributed by atoms with E-state index in [0.29, 0.717) is 17.6 Å². The Morgan fingerprint density at radius 1 is 1.29 bits per heavy atom. The molecule has 1 fully saturated rings. The Bertz CT molecular complexity index is 604. The van der Waals surface area contributed by atoms with Crippen LogP contribution >= 0.6 is 0 Å². The average molecular weight is 285 g/mol. The van der Waals surface area contributed by atoms with Crippen LogP contribution in [0.1, 0.15) is 6.42 Å². The van der Waals surface area contributed by atoms with Crippen LogP contribution in [0.3, 0.4) is 0 Å². The summed E-state index contributed by atoms with van der Waals surface area (Å²) in [6, 6.07) is 11.7. The summed E-state index contributed by atoms with van der Waals surface area (Å²) in [5, 5.41) is 9.27. The van der Waals surface area contributed by atoms with E-state index < -0.39 is 0 Å². The van der Waals surface area contributed by atoms with Crippen LogP contribution < -0.4 is 16.2 Å². The number of nitrogen functional groups attached to an aromatic ring is 1. The van der Waals surface area contributed by atoms with Crippen molar-refractivity contribution < 1.29 is 5.11 Å². The first kappa shape index (κ1) is 13.8. The van der Waals surface area contributed by atoms with E-state index in [1.54, 1.807) is 0 Å². The summed E-state index contributed by atoms with van der Waals surface area (Å²) >= 11 is 0. The third-order valence-electron chi connectivity index (χ3n) is 3.76. The van der Waals surface area contributed by atoms with Crippen LogP contribution in [0, 0.1) is 5.92 Å². The molecule has 21 heavy (non-hydrogen) atoms. The van der Waals surface area contributed by atoms with E-state index in [9.17, 15) is 5.11 Å². The second-order valence-corrected chi connectivity index (χ2v) is 5.23. The molecule has 0 radical (unpaired) electrons. The Balaban J connectivity index is 1.94. The lowest BCUT2D eigenvalue weighted by Crippen LogP contribution is -2.22. The summed E-state index contributed by atoms with van der Waals surface area (Å²) in [5.41, 5.74) is 3.55. The maximum atomic E-state index is 9.27. The fraction of sp³-hybridized carbons (Fsp3) is 0.333. The van der Waals surface area contributed by atoms with Crippen LogP contribution in [0.4, 0.5) is 11.6 Å². The predicted octanol–water partition coefficient (Wildman–Crippen LogP) is 1.25. The molecule has 1 aromatic carbocycles. The van der Waals surface area contributed by atoms with Crippen molar-refractivity contribution in [2.75, 3.05) is 30.0 Å². The number of aromatic nitrogens is 2. The maximum Gasteiger partial charge on any atom is 0.163 e. The van der Waals surface area contributed by atoms with Gasteiger partial charge in [0.2, 0.25) is 0 Å². The van der Waals surface area contributed by atoms with Gasteiger partial charge in [-0.1, -0.05) is 30.3 Å². The van der Waals surface area contributed by atoms with Crippen molar-refractivity contribution in [3.05, 3.63) is 36.4 Å². The van der Waals surface area contributed by atoms with Gasteiger partial charge >= 0.3 is 0 Å². The summed E-state index contributed by atoms with van der Waals surface area (Å²) in [7, 11) is 0. The van der Waals surface area contributed by atoms with Crippen molar-refractivity contribution in [3.63, 3.8) is 0 Å². The Hall–Kier alpha value is -2.18. The van der Waals surface area contributed by atoms with E-state index in [-0.39, 0.29) is 6.61 Å². The quantitative estimate of drug-likeness (QED) is 0.579. The van der Waals surface area contributed by atoms with E-state index in [1.165, 1.54) is 0 Å². The summed E-state index contributed by atoms with van der Waals surface area (Å²) in [4.78, 5) is 11.2. The molecule has 4 N–H and O–H groups in total. The SMILES string of the molecule is NNc1cc(N2CCC(CO)C2)nc(-c2ccccc2)n1. The Labute approximate surface area is 123 Å². The van der Waals surface area contributed by atoms with Crippen LogP contribution in [0.15, 0.2) is 36.4 Å². The first-order chi connectivity index (χ1) is 10.3. The van der Waals surface area contributed by atoms with Crippen molar-refractivity contribution in [1.29, 1.82) is 0 Å². The summed E-state index contributed by atoms with van der Waals surface area (Å²) in [6.07, 6.45) is 0.979. The van der Waals surface area contributed by atoms with Crippen molar-refractivity contribution in [3.8, 4) is 11.4 Å². The Morgan fingerprint density at radius 2 is 2.10 bits per heavy atom. The zero-order valence-electron chi connectivity index (χ0n) is 11.7. The summed E-state index contributed by atoms with van der Waals surface area (Å²) in [6.45, 7) is 1.92. The van der Waals surface area contributed by atoms with Gasteiger partial charge in [0.25, 0.3) is 0 Å². The number of nitrogens with two attached hydrogens (primary N) is 1. The van der Waals surface area contributed by atoms with Gasteiger partial charge in [-0.25, -0.2) is 15.8 Å². The molecule has 0 spiro atoms. The molecule has 2 heterocycles. The van der Waals surface area contributed by atoms with Crippen molar-refractivity contribution >= 4 is 11.6 Å². The van der Waals surface area contributed by atoms with Crippen LogP contribution in [0.25, 0.3) is 11.4 Å². The van der Waals surface area contributed by atoms with E-state index in [1.807, 2.05) is 36.4 Å². The lowest BCUT2D eigenvalue weighted by Gasteiger charge is -2.18. The highest BCUT2D eigenvalue weighted by molar-refractivity contribution is 5.61. The molecule has 6 nitrogen and oxygen atoms in total. The number of anilines is 2. The number of hydrogen-bond acceptors (Lipinski definition) is 6. The number of hydrogen-bond donors (Lipinski definition) is 3. The van der Waals surface area contributed by atoms with E-state index in [0.717, 1.165) is 30.9 Å². The Morgan fingerprint density at radius 3 is 2.76 bits per heavy atom. The highest BCUT2D eigenvalue weighted by Gasteiger charge is 2.23. The van der Waals surface area contributed by atoms with Gasteiger partial charge in [-0.15, -0.1) is 0 Å². The zero-order chi connectivity index (χ0) is 14.7. The number of nitrogens with zero attached hydrogens (tertiary/aromatic N) is 3. The van der Waals surface area contributed by atoms with Gasteiger partial charge in [-0.3, -0.25) is 0 Å². The van der Waals surface area contributed by atoms with Crippen LogP contribution in [-0.4, -0.2) is 34.8 Å². The number of aliphatic hydroxyl groups excluding tert-OH is 1. The van der Waals surface area contributed by atoms with E-state index in [4.69, 9.17) is 5.84 Å². The molecule has 1 aliphatic rings. The van der Waals surface area contributed by atoms with Gasteiger partial charge in [-0.05, 0) is 6.42 Å². The third kappa shape index (κ3) is 2.96. The van der Waals surface area contributed by atoms with Crippen LogP contribution in [0.2, 0.25) is 0 Å². The second-order valence-electron chi connectivity index (χ2n) is 5.23. The monoisotopic (exact) mass is 285 g/mol. The highest BCUT2D eigenvalue weighted by atomic mass is 16.3. The van der Waals surface area contributed by atoms with Crippen molar-refractivity contribution in [2.45, 2.75) is 6.42 Å². The average Bonchev–Trinajstić information content (AvgIpc) is 3.04. The normalized spacial score (nSPS) is 18.0. The predicted molar refractivity (Wildman–Crippen MR) is 82.7 cm³/mol. The fourth-order valence-electron chi connectivity index (χ4n) is 2.58. The molecule has 1 unspecified atom stereocenters. The summed E-state index contributed by atoms with van der Waals surface area (Å²) in [5.74, 6) is 7.91. The number of aliphatic hydroxyl groups is 1. The molecule has 0 saturated carbocycles. The highest BCUT2D eigenvalue weighted by Crippen LogP contribution is 2.26. The molecule has 1 atom stereocenters. The van der Waals surface area contributed by atoms with Crippen LogP contribution in [0.5, 0.6) is 0 Å². The molecular formula is C15H19N5O. The zero-order valence-corrected chi connectivity index (χ0v) is 11.7. The van der Waals surface area contributed by atoms with E-state index in [2.05, 4.69) is 20.3 Å². The number of nitrogens with one attached hydrogen (secondary N) is 1. The molecule has 1 saturated heterocycles. The van der Waals surface area contributed by atoms with Crippen molar-refractivity contribution in [2.24, 2.45) is 11.8 Å². The number of rotatable bonds is 4. The molecule has 6 heteroatoms. The lowest BCUT2D eigenvalue weighted by molar-refractivity contribution is 0.238. The lowest BCUT2D eigenvalue weighted by atomic mass is 10.1. The number of benzene rings is 1. The molecule has 1 aromatic heterocycles. The molecule has 1 aliphatic heterocycles. The molecule has 0 bridgehead atoms. The Kier molecular flexibility index (Phi) is 3.98. The molecule has 0 aliphatic carbocycles. The molecule has 2 aromatic rings. The first-order valence-electron chi connectivity index (χ1n) is 7.07. The topological polar surface area (TPSA) is 87.3 Å². The summed E-state index contributed by atoms with van der Waals surface area (Å²) < 4.78 is 0. The van der Waals surface area contributed by atoms with Gasteiger partial charge in [0, 0.05) is 37.2 Å². The maximum absolute atomic E-state index is 9.27. The second kappa shape index (κ2) is 6.07. The molecule has 3 rings (SSSR count). The van der Waals surface area contributed by atoms with Gasteiger partial charge in [0.05, 0.1) is 0 Å². The molecule has 110 valence electrons. The van der Waals surface area contributed by atoms with Gasteiger partial charge in [0.1, 0.15) is 11.6 Å². The smallest absolute Gasteiger partial charge is 0.163 e. The van der Waals surface area contributed by atoms with Crippen molar-refractivity contribution in [1.82, 2.24) is 9.97 Å². The standard InChI is InChI=1S/C15H19N5O/c16-19-13-8-14(20-7-6-11(9-20)10-21)18-15(17-13)12-4-2-1-3-5-12/h1-5,8,11,21H,6-7,9-10,16H2,(H,17,18,19). The van der Waals surface area contributed by atoms with Gasteiger partial charge in [0.15, 0.2) is 5.82 Å². The molecule has 0 amide bonds. The van der Waals surface area contributed by atoms with Crippen LogP contribution in [-0.2, 0) is 0 Å². The third-order valence-corrected chi connectivity index (χ3v) is 3.76. The van der Waals surface area contributed by atoms with Gasteiger partial charge in [-0.2, -0.15) is 0 Å². The minimum atomic E-state index is 0.217. The van der Waals surface area contributed by atoms with E-state index >= 15 is 0 Å². The number of hydrazine groups is 1. The first-order valence-corrected chi connectivity index (χ1v) is 7.07. The molecular weight excluding hydrogens is 266 g/mol. The largest absolute Gasteiger partial charge is 0.396 e. The minimum Gasteiger partial charge on any atom is -0.396 e.